The molecule has 0 bridgehead atoms. The number of carbonyl (C=O) groups is 2. The zero-order valence-electron chi connectivity index (χ0n) is 17.6. The number of rotatable bonds is 3. The van der Waals surface area contributed by atoms with Crippen molar-refractivity contribution in [1.29, 1.82) is 0 Å². The molecule has 156 valence electrons. The van der Waals surface area contributed by atoms with Gasteiger partial charge in [0.2, 0.25) is 0 Å². The molecule has 0 aromatic heterocycles. The van der Waals surface area contributed by atoms with Crippen LogP contribution in [0, 0.1) is 5.82 Å². The Morgan fingerprint density at radius 3 is 2.57 bits per heavy atom. The Morgan fingerprint density at radius 1 is 1.20 bits per heavy atom. The maximum Gasteiger partial charge on any atom is 0.298 e. The molecule has 2 aliphatic heterocycles. The second-order valence-corrected chi connectivity index (χ2v) is 9.44. The molecule has 30 heavy (non-hydrogen) atoms. The van der Waals surface area contributed by atoms with Gasteiger partial charge in [0, 0.05) is 23.3 Å². The first-order valence-corrected chi connectivity index (χ1v) is 11.0. The summed E-state index contributed by atoms with van der Waals surface area (Å²) in [6.07, 6.45) is 2.47. The SMILES string of the molecule is CCN1c2cc(F)c(/C=C3/SC(=O)N(c4ccccc4)C3=O)cc2C(C)CC1(C)C. The standard InChI is InChI=1S/C24H25FN2O2S/c1-5-26-20-13-19(25)16(11-18(20)15(2)14-24(26,3)4)12-21-22(28)27(23(29)30-21)17-9-7-6-8-10-17/h6-13,15H,5,14H2,1-4H3/b21-12+. The van der Waals surface area contributed by atoms with Gasteiger partial charge in [-0.3, -0.25) is 9.59 Å². The first kappa shape index (κ1) is 20.7. The molecule has 1 saturated heterocycles. The molecular weight excluding hydrogens is 399 g/mol. The minimum atomic E-state index is -0.419. The van der Waals surface area contributed by atoms with Gasteiger partial charge in [0.25, 0.3) is 11.1 Å². The second-order valence-electron chi connectivity index (χ2n) is 8.45. The van der Waals surface area contributed by atoms with E-state index in [9.17, 15) is 9.59 Å². The molecule has 2 amide bonds. The lowest BCUT2D eigenvalue weighted by Crippen LogP contribution is -2.48. The minimum Gasteiger partial charge on any atom is -0.366 e. The Kier molecular flexibility index (Phi) is 5.22. The van der Waals surface area contributed by atoms with Gasteiger partial charge in [-0.05, 0) is 80.8 Å². The number of fused-ring (bicyclic) bond motifs is 1. The number of halogens is 1. The van der Waals surface area contributed by atoms with Crippen LogP contribution >= 0.6 is 11.8 Å². The molecule has 1 unspecified atom stereocenters. The van der Waals surface area contributed by atoms with Crippen LogP contribution in [0.2, 0.25) is 0 Å². The molecule has 0 aliphatic carbocycles. The topological polar surface area (TPSA) is 40.6 Å². The van der Waals surface area contributed by atoms with Gasteiger partial charge in [0.05, 0.1) is 10.6 Å². The Hall–Kier alpha value is -2.60. The van der Waals surface area contributed by atoms with Gasteiger partial charge in [0.1, 0.15) is 5.82 Å². The van der Waals surface area contributed by atoms with E-state index in [2.05, 4.69) is 32.6 Å². The van der Waals surface area contributed by atoms with Crippen LogP contribution in [0.15, 0.2) is 47.4 Å². The number of para-hydroxylation sites is 1. The van der Waals surface area contributed by atoms with E-state index in [1.165, 1.54) is 6.08 Å². The molecule has 2 aliphatic rings. The monoisotopic (exact) mass is 424 g/mol. The normalized spacial score (nSPS) is 22.0. The number of hydrogen-bond donors (Lipinski definition) is 0. The number of imide groups is 1. The van der Waals surface area contributed by atoms with Crippen molar-refractivity contribution >= 4 is 40.4 Å². The van der Waals surface area contributed by atoms with E-state index in [0.717, 1.165) is 40.9 Å². The Balaban J connectivity index is 1.73. The van der Waals surface area contributed by atoms with E-state index >= 15 is 4.39 Å². The Bertz CT molecular complexity index is 1050. The van der Waals surface area contributed by atoms with E-state index < -0.39 is 5.91 Å². The minimum absolute atomic E-state index is 0.0482. The van der Waals surface area contributed by atoms with Gasteiger partial charge in [-0.1, -0.05) is 25.1 Å². The van der Waals surface area contributed by atoms with E-state index in [1.54, 1.807) is 30.3 Å². The highest BCUT2D eigenvalue weighted by Gasteiger charge is 2.38. The average molecular weight is 425 g/mol. The fourth-order valence-corrected chi connectivity index (χ4v) is 5.47. The third-order valence-corrected chi connectivity index (χ3v) is 6.78. The summed E-state index contributed by atoms with van der Waals surface area (Å²) in [5, 5.41) is -0.372. The molecule has 4 rings (SSSR count). The molecule has 2 aromatic rings. The quantitative estimate of drug-likeness (QED) is 0.552. The van der Waals surface area contributed by atoms with E-state index in [4.69, 9.17) is 0 Å². The third kappa shape index (κ3) is 3.43. The van der Waals surface area contributed by atoms with Crippen molar-refractivity contribution in [2.24, 2.45) is 0 Å². The molecule has 0 saturated carbocycles. The van der Waals surface area contributed by atoms with Crippen LogP contribution in [0.3, 0.4) is 0 Å². The molecule has 2 heterocycles. The molecule has 4 nitrogen and oxygen atoms in total. The maximum absolute atomic E-state index is 15.1. The molecule has 1 atom stereocenters. The van der Waals surface area contributed by atoms with Crippen LogP contribution < -0.4 is 9.80 Å². The molecule has 0 spiro atoms. The number of anilines is 2. The summed E-state index contributed by atoms with van der Waals surface area (Å²) in [5.41, 5.74) is 2.80. The van der Waals surface area contributed by atoms with Crippen molar-refractivity contribution in [3.63, 3.8) is 0 Å². The Labute approximate surface area is 180 Å². The van der Waals surface area contributed by atoms with Crippen molar-refractivity contribution in [3.8, 4) is 0 Å². The van der Waals surface area contributed by atoms with E-state index in [1.807, 2.05) is 12.1 Å². The summed E-state index contributed by atoms with van der Waals surface area (Å²) in [6.45, 7) is 9.38. The average Bonchev–Trinajstić information content (AvgIpc) is 2.96. The number of nitrogens with zero attached hydrogens (tertiary/aromatic N) is 2. The lowest BCUT2D eigenvalue weighted by atomic mass is 9.79. The summed E-state index contributed by atoms with van der Waals surface area (Å²) in [4.78, 5) is 28.9. The Morgan fingerprint density at radius 2 is 1.90 bits per heavy atom. The predicted octanol–water partition coefficient (Wildman–Crippen LogP) is 6.18. The van der Waals surface area contributed by atoms with Crippen molar-refractivity contribution in [1.82, 2.24) is 0 Å². The first-order valence-electron chi connectivity index (χ1n) is 10.2. The first-order chi connectivity index (χ1) is 14.2. The predicted molar refractivity (Wildman–Crippen MR) is 121 cm³/mol. The highest BCUT2D eigenvalue weighted by atomic mass is 32.2. The second kappa shape index (κ2) is 7.58. The van der Waals surface area contributed by atoms with Gasteiger partial charge < -0.3 is 4.90 Å². The van der Waals surface area contributed by atoms with Crippen LogP contribution in [0.1, 0.15) is 51.2 Å². The largest absolute Gasteiger partial charge is 0.366 e. The summed E-state index contributed by atoms with van der Waals surface area (Å²) < 4.78 is 15.1. The summed E-state index contributed by atoms with van der Waals surface area (Å²) in [5.74, 6) is -0.536. The molecule has 0 radical (unpaired) electrons. The summed E-state index contributed by atoms with van der Waals surface area (Å²) in [6, 6.07) is 12.2. The van der Waals surface area contributed by atoms with Crippen molar-refractivity contribution in [2.45, 2.75) is 45.6 Å². The number of thioether (sulfide) groups is 1. The van der Waals surface area contributed by atoms with Crippen LogP contribution in [-0.4, -0.2) is 23.2 Å². The van der Waals surface area contributed by atoms with Crippen LogP contribution in [0.25, 0.3) is 6.08 Å². The highest BCUT2D eigenvalue weighted by Crippen LogP contribution is 2.45. The zero-order chi connectivity index (χ0) is 21.6. The smallest absolute Gasteiger partial charge is 0.298 e. The number of benzene rings is 2. The molecular formula is C24H25FN2O2S. The van der Waals surface area contributed by atoms with Crippen LogP contribution in [0.4, 0.5) is 20.6 Å². The lowest BCUT2D eigenvalue weighted by molar-refractivity contribution is -0.113. The molecule has 2 aromatic carbocycles. The van der Waals surface area contributed by atoms with Crippen molar-refractivity contribution in [3.05, 3.63) is 64.3 Å². The fraction of sp³-hybridized carbons (Fsp3) is 0.333. The third-order valence-electron chi connectivity index (χ3n) is 5.92. The van der Waals surface area contributed by atoms with Crippen LogP contribution in [0.5, 0.6) is 0 Å². The summed E-state index contributed by atoms with van der Waals surface area (Å²) >= 11 is 0.845. The number of hydrogen-bond acceptors (Lipinski definition) is 4. The number of amides is 2. The zero-order valence-corrected chi connectivity index (χ0v) is 18.4. The van der Waals surface area contributed by atoms with E-state index in [-0.39, 0.29) is 27.4 Å². The van der Waals surface area contributed by atoms with Gasteiger partial charge in [-0.25, -0.2) is 9.29 Å². The van der Waals surface area contributed by atoms with Crippen LogP contribution in [-0.2, 0) is 4.79 Å². The number of carbonyl (C=O) groups excluding carboxylic acids is 2. The molecule has 1 fully saturated rings. The molecule has 6 heteroatoms. The van der Waals surface area contributed by atoms with Gasteiger partial charge in [0.15, 0.2) is 0 Å². The van der Waals surface area contributed by atoms with E-state index in [0.29, 0.717) is 11.3 Å². The van der Waals surface area contributed by atoms with Gasteiger partial charge >= 0.3 is 0 Å². The van der Waals surface area contributed by atoms with Crippen molar-refractivity contribution in [2.75, 3.05) is 16.3 Å². The van der Waals surface area contributed by atoms with Crippen molar-refractivity contribution < 1.29 is 14.0 Å². The molecule has 0 N–H and O–H groups in total. The van der Waals surface area contributed by atoms with Gasteiger partial charge in [-0.2, -0.15) is 0 Å². The summed E-state index contributed by atoms with van der Waals surface area (Å²) in [7, 11) is 0. The highest BCUT2D eigenvalue weighted by molar-refractivity contribution is 8.19. The lowest BCUT2D eigenvalue weighted by Gasteiger charge is -2.47. The van der Waals surface area contributed by atoms with Gasteiger partial charge in [-0.15, -0.1) is 0 Å². The maximum atomic E-state index is 15.1. The fourth-order valence-electron chi connectivity index (χ4n) is 4.64.